The molecule has 0 aromatic heterocycles. The van der Waals surface area contributed by atoms with Crippen LogP contribution in [0.1, 0.15) is 251 Å². The van der Waals surface area contributed by atoms with E-state index in [1.165, 1.54) is 186 Å². The Morgan fingerprint density at radius 3 is 1.39 bits per heavy atom. The van der Waals surface area contributed by atoms with Gasteiger partial charge in [0.15, 0.2) is 6.29 Å². The highest BCUT2D eigenvalue weighted by molar-refractivity contribution is 5.81. The van der Waals surface area contributed by atoms with E-state index in [-0.39, 0.29) is 6.42 Å². The summed E-state index contributed by atoms with van der Waals surface area (Å²) in [4.78, 5) is 13.1. The van der Waals surface area contributed by atoms with Crippen molar-refractivity contribution in [2.75, 3.05) is 13.2 Å². The van der Waals surface area contributed by atoms with Crippen LogP contribution in [0.3, 0.4) is 0 Å². The molecule has 0 aromatic rings. The fraction of sp³-hybridized carbons (Fsp3) is 0.909. The summed E-state index contributed by atoms with van der Waals surface area (Å²) >= 11 is 0. The van der Waals surface area contributed by atoms with Gasteiger partial charge in [0.25, 0.3) is 0 Å². The second-order valence-corrected chi connectivity index (χ2v) is 19.7. The van der Waals surface area contributed by atoms with Crippen LogP contribution in [0, 0.1) is 0 Å². The Hall–Kier alpha value is -1.41. The van der Waals surface area contributed by atoms with Crippen molar-refractivity contribution >= 4 is 5.91 Å². The first kappa shape index (κ1) is 62.6. The summed E-state index contributed by atoms with van der Waals surface area (Å²) in [5, 5.41) is 75.8. The van der Waals surface area contributed by atoms with E-state index in [1.54, 1.807) is 6.08 Å². The van der Waals surface area contributed by atoms with Crippen molar-refractivity contribution in [3.05, 3.63) is 24.3 Å². The van der Waals surface area contributed by atoms with E-state index < -0.39 is 74.2 Å². The molecule has 0 aromatic carbocycles. The minimum atomic E-state index is -1.67. The number of carbonyl (C=O) groups excluding carboxylic acids is 1. The lowest BCUT2D eigenvalue weighted by molar-refractivity contribution is -0.303. The average Bonchev–Trinajstić information content (AvgIpc) is 3.32. The number of hydrogen-bond donors (Lipinski definition) is 8. The SMILES string of the molecule is CCCCCCCC/C=C\C/C=C\CC(O)C(=O)NC(COC1OC(CO)C(O)C(O)C1O)C(O)C(O)CCCCCCCCCCCCCCCCCCCCCCCCCCCCC. The summed E-state index contributed by atoms with van der Waals surface area (Å²) < 4.78 is 11.1. The molecule has 9 unspecified atom stereocenters. The van der Waals surface area contributed by atoms with E-state index in [9.17, 15) is 40.5 Å². The van der Waals surface area contributed by atoms with Gasteiger partial charge >= 0.3 is 0 Å². The number of carbonyl (C=O) groups is 1. The van der Waals surface area contributed by atoms with Crippen molar-refractivity contribution < 1.29 is 50.0 Å². The monoisotopic (exact) mass is 940 g/mol. The Morgan fingerprint density at radius 2 is 0.955 bits per heavy atom. The number of aliphatic hydroxyl groups excluding tert-OH is 7. The summed E-state index contributed by atoms with van der Waals surface area (Å²) in [7, 11) is 0. The lowest BCUT2D eigenvalue weighted by atomic mass is 9.98. The minimum Gasteiger partial charge on any atom is -0.394 e. The van der Waals surface area contributed by atoms with Crippen molar-refractivity contribution in [2.24, 2.45) is 0 Å². The van der Waals surface area contributed by atoms with Crippen LogP contribution in [0.2, 0.25) is 0 Å². The predicted octanol–water partition coefficient (Wildman–Crippen LogP) is 11.0. The first-order valence-corrected chi connectivity index (χ1v) is 27.7. The van der Waals surface area contributed by atoms with Gasteiger partial charge in [-0.3, -0.25) is 4.79 Å². The Kier molecular flexibility index (Phi) is 42.5. The predicted molar refractivity (Wildman–Crippen MR) is 270 cm³/mol. The third-order valence-corrected chi connectivity index (χ3v) is 13.5. The molecule has 0 radical (unpaired) electrons. The maximum absolute atomic E-state index is 13.1. The molecule has 1 aliphatic heterocycles. The second kappa shape index (κ2) is 44.8. The number of amides is 1. The molecule has 11 nitrogen and oxygen atoms in total. The Morgan fingerprint density at radius 1 is 0.545 bits per heavy atom. The van der Waals surface area contributed by atoms with Gasteiger partial charge in [-0.05, 0) is 25.7 Å². The molecule has 0 spiro atoms. The smallest absolute Gasteiger partial charge is 0.249 e. The Bertz CT molecular complexity index is 1120. The number of aliphatic hydroxyl groups is 7. The molecule has 0 saturated carbocycles. The van der Waals surface area contributed by atoms with Crippen LogP contribution in [0.5, 0.6) is 0 Å². The third kappa shape index (κ3) is 33.2. The standard InChI is InChI=1S/C55H105NO10/c1-3-5-7-9-11-13-15-17-18-19-20-21-22-23-24-25-26-27-28-29-30-31-33-34-36-38-40-42-47(58)50(60)46(45-65-55-53(63)52(62)51(61)49(44-57)66-55)56-54(64)48(59)43-41-39-37-35-32-16-14-12-10-8-6-4-2/h32,35,39,41,46-53,55,57-63H,3-31,33-34,36-38,40,42-45H2,1-2H3,(H,56,64)/b35-32-,41-39-. The third-order valence-electron chi connectivity index (χ3n) is 13.5. The Labute approximate surface area is 404 Å². The molecule has 1 fully saturated rings. The molecule has 11 heteroatoms. The number of rotatable bonds is 47. The zero-order valence-corrected chi connectivity index (χ0v) is 42.4. The van der Waals surface area contributed by atoms with E-state index in [1.807, 2.05) is 6.08 Å². The zero-order chi connectivity index (χ0) is 48.3. The first-order chi connectivity index (χ1) is 32.2. The lowest BCUT2D eigenvalue weighted by Gasteiger charge is -2.40. The van der Waals surface area contributed by atoms with Gasteiger partial charge in [-0.1, -0.05) is 244 Å². The topological polar surface area (TPSA) is 189 Å². The highest BCUT2D eigenvalue weighted by atomic mass is 16.7. The molecule has 1 rings (SSSR count). The fourth-order valence-electron chi connectivity index (χ4n) is 8.96. The summed E-state index contributed by atoms with van der Waals surface area (Å²) in [6, 6.07) is -1.20. The summed E-state index contributed by atoms with van der Waals surface area (Å²) in [6.07, 6.45) is 41.3. The van der Waals surface area contributed by atoms with Gasteiger partial charge in [0.2, 0.25) is 5.91 Å². The van der Waals surface area contributed by atoms with Crippen molar-refractivity contribution in [1.29, 1.82) is 0 Å². The first-order valence-electron chi connectivity index (χ1n) is 27.7. The highest BCUT2D eigenvalue weighted by Gasteiger charge is 2.44. The molecule has 390 valence electrons. The molecular weight excluding hydrogens is 835 g/mol. The maximum Gasteiger partial charge on any atom is 0.249 e. The van der Waals surface area contributed by atoms with Crippen LogP contribution < -0.4 is 5.32 Å². The maximum atomic E-state index is 13.1. The van der Waals surface area contributed by atoms with Crippen molar-refractivity contribution in [3.8, 4) is 0 Å². The molecule has 8 N–H and O–H groups in total. The van der Waals surface area contributed by atoms with E-state index in [4.69, 9.17) is 9.47 Å². The number of unbranched alkanes of at least 4 members (excludes halogenated alkanes) is 32. The number of nitrogens with one attached hydrogen (secondary N) is 1. The molecular formula is C55H105NO10. The van der Waals surface area contributed by atoms with Gasteiger partial charge in [-0.2, -0.15) is 0 Å². The van der Waals surface area contributed by atoms with Crippen LogP contribution in [-0.4, -0.2) is 110 Å². The van der Waals surface area contributed by atoms with E-state index in [2.05, 4.69) is 31.3 Å². The van der Waals surface area contributed by atoms with Crippen molar-refractivity contribution in [2.45, 2.75) is 306 Å². The van der Waals surface area contributed by atoms with E-state index in [0.29, 0.717) is 19.3 Å². The minimum absolute atomic E-state index is 0.0512. The largest absolute Gasteiger partial charge is 0.394 e. The van der Waals surface area contributed by atoms with Gasteiger partial charge in [-0.15, -0.1) is 0 Å². The summed E-state index contributed by atoms with van der Waals surface area (Å²) in [6.45, 7) is 3.42. The molecule has 1 heterocycles. The molecule has 66 heavy (non-hydrogen) atoms. The van der Waals surface area contributed by atoms with Gasteiger partial charge in [0.05, 0.1) is 25.4 Å². The fourth-order valence-corrected chi connectivity index (χ4v) is 8.96. The van der Waals surface area contributed by atoms with Crippen LogP contribution in [-0.2, 0) is 14.3 Å². The molecule has 0 bridgehead atoms. The summed E-state index contributed by atoms with van der Waals surface area (Å²) in [5.41, 5.74) is 0. The van der Waals surface area contributed by atoms with Crippen LogP contribution in [0.4, 0.5) is 0 Å². The van der Waals surface area contributed by atoms with Gasteiger partial charge in [0.1, 0.15) is 36.6 Å². The summed E-state index contributed by atoms with van der Waals surface area (Å²) in [5.74, 6) is -0.762. The van der Waals surface area contributed by atoms with Crippen LogP contribution in [0.15, 0.2) is 24.3 Å². The number of allylic oxidation sites excluding steroid dienone is 3. The number of ether oxygens (including phenoxy) is 2. The molecule has 0 aliphatic carbocycles. The van der Waals surface area contributed by atoms with Gasteiger partial charge < -0.3 is 50.5 Å². The van der Waals surface area contributed by atoms with Crippen LogP contribution >= 0.6 is 0 Å². The molecule has 1 amide bonds. The van der Waals surface area contributed by atoms with Crippen LogP contribution in [0.25, 0.3) is 0 Å². The van der Waals surface area contributed by atoms with Crippen molar-refractivity contribution in [3.63, 3.8) is 0 Å². The molecule has 1 saturated heterocycles. The van der Waals surface area contributed by atoms with Gasteiger partial charge in [0, 0.05) is 6.42 Å². The normalized spacial score (nSPS) is 20.9. The Balaban J connectivity index is 2.28. The average molecular weight is 940 g/mol. The molecule has 9 atom stereocenters. The second-order valence-electron chi connectivity index (χ2n) is 19.7. The zero-order valence-electron chi connectivity index (χ0n) is 42.4. The molecule has 1 aliphatic rings. The lowest BCUT2D eigenvalue weighted by Crippen LogP contribution is -2.60. The van der Waals surface area contributed by atoms with Gasteiger partial charge in [-0.25, -0.2) is 0 Å². The number of hydrogen-bond acceptors (Lipinski definition) is 10. The van der Waals surface area contributed by atoms with Crippen molar-refractivity contribution in [1.82, 2.24) is 5.32 Å². The highest BCUT2D eigenvalue weighted by Crippen LogP contribution is 2.23. The van der Waals surface area contributed by atoms with E-state index >= 15 is 0 Å². The quantitative estimate of drug-likeness (QED) is 0.0215. The van der Waals surface area contributed by atoms with E-state index in [0.717, 1.165) is 25.7 Å².